The lowest BCUT2D eigenvalue weighted by Crippen LogP contribution is -2.18. The van der Waals surface area contributed by atoms with Gasteiger partial charge in [-0.15, -0.1) is 0 Å². The maximum atomic E-state index is 11.9. The second kappa shape index (κ2) is 8.60. The summed E-state index contributed by atoms with van der Waals surface area (Å²) in [6, 6.07) is 7.71. The van der Waals surface area contributed by atoms with Crippen LogP contribution in [0, 0.1) is 0 Å². The summed E-state index contributed by atoms with van der Waals surface area (Å²) in [7, 11) is 0. The summed E-state index contributed by atoms with van der Waals surface area (Å²) in [4.78, 5) is 11.9. The number of amides is 1. The highest BCUT2D eigenvalue weighted by Crippen LogP contribution is 2.22. The SMILES string of the molecule is CCCCCCC=NNC(=O)c1ccc(C(C)(C)C)cc1. The van der Waals surface area contributed by atoms with Gasteiger partial charge in [0.15, 0.2) is 0 Å². The molecular formula is C18H28N2O. The van der Waals surface area contributed by atoms with Crippen molar-refractivity contribution < 1.29 is 4.79 Å². The molecule has 1 aromatic carbocycles. The van der Waals surface area contributed by atoms with Gasteiger partial charge in [-0.05, 0) is 36.0 Å². The van der Waals surface area contributed by atoms with E-state index in [0.717, 1.165) is 12.8 Å². The summed E-state index contributed by atoms with van der Waals surface area (Å²) in [6.45, 7) is 8.67. The summed E-state index contributed by atoms with van der Waals surface area (Å²) >= 11 is 0. The van der Waals surface area contributed by atoms with Crippen LogP contribution in [0.1, 0.15) is 75.7 Å². The van der Waals surface area contributed by atoms with E-state index in [2.05, 4.69) is 38.2 Å². The van der Waals surface area contributed by atoms with Crippen LogP contribution in [-0.4, -0.2) is 12.1 Å². The van der Waals surface area contributed by atoms with Gasteiger partial charge in [-0.2, -0.15) is 5.10 Å². The Kier molecular flexibility index (Phi) is 7.13. The van der Waals surface area contributed by atoms with Gasteiger partial charge in [0.25, 0.3) is 5.91 Å². The Labute approximate surface area is 128 Å². The van der Waals surface area contributed by atoms with Crippen LogP contribution in [0.5, 0.6) is 0 Å². The molecule has 0 bridgehead atoms. The van der Waals surface area contributed by atoms with Crippen molar-refractivity contribution in [3.8, 4) is 0 Å². The molecule has 0 radical (unpaired) electrons. The maximum Gasteiger partial charge on any atom is 0.271 e. The van der Waals surface area contributed by atoms with E-state index in [-0.39, 0.29) is 11.3 Å². The minimum atomic E-state index is -0.153. The van der Waals surface area contributed by atoms with Gasteiger partial charge in [0.1, 0.15) is 0 Å². The summed E-state index contributed by atoms with van der Waals surface area (Å²) in [5.41, 5.74) is 4.55. The Bertz CT molecular complexity index is 455. The van der Waals surface area contributed by atoms with Crippen molar-refractivity contribution in [3.63, 3.8) is 0 Å². The molecule has 0 aliphatic carbocycles. The quantitative estimate of drug-likeness (QED) is 0.442. The third-order valence-corrected chi connectivity index (χ3v) is 3.46. The minimum absolute atomic E-state index is 0.103. The van der Waals surface area contributed by atoms with Gasteiger partial charge in [0.2, 0.25) is 0 Å². The maximum absolute atomic E-state index is 11.9. The monoisotopic (exact) mass is 288 g/mol. The van der Waals surface area contributed by atoms with E-state index in [0.29, 0.717) is 5.56 Å². The van der Waals surface area contributed by atoms with Crippen LogP contribution < -0.4 is 5.43 Å². The summed E-state index contributed by atoms with van der Waals surface area (Å²) < 4.78 is 0. The van der Waals surface area contributed by atoms with Gasteiger partial charge in [-0.25, -0.2) is 5.43 Å². The lowest BCUT2D eigenvalue weighted by atomic mass is 9.87. The first kappa shape index (κ1) is 17.4. The van der Waals surface area contributed by atoms with Crippen molar-refractivity contribution in [1.29, 1.82) is 0 Å². The van der Waals surface area contributed by atoms with Gasteiger partial charge in [-0.3, -0.25) is 4.79 Å². The Morgan fingerprint density at radius 1 is 1.14 bits per heavy atom. The molecule has 0 saturated heterocycles. The van der Waals surface area contributed by atoms with Crippen LogP contribution in [0.4, 0.5) is 0 Å². The number of unbranched alkanes of at least 4 members (excludes halogenated alkanes) is 4. The van der Waals surface area contributed by atoms with E-state index in [9.17, 15) is 4.79 Å². The third-order valence-electron chi connectivity index (χ3n) is 3.46. The fraction of sp³-hybridized carbons (Fsp3) is 0.556. The van der Waals surface area contributed by atoms with Gasteiger partial charge < -0.3 is 0 Å². The van der Waals surface area contributed by atoms with Gasteiger partial charge in [-0.1, -0.05) is 59.1 Å². The molecule has 0 saturated carbocycles. The molecule has 0 aliphatic heterocycles. The molecule has 1 rings (SSSR count). The van der Waals surface area contributed by atoms with Crippen LogP contribution in [0.15, 0.2) is 29.4 Å². The van der Waals surface area contributed by atoms with E-state index in [1.165, 1.54) is 24.8 Å². The Morgan fingerprint density at radius 2 is 1.81 bits per heavy atom. The van der Waals surface area contributed by atoms with Crippen molar-refractivity contribution in [2.75, 3.05) is 0 Å². The first-order valence-corrected chi connectivity index (χ1v) is 7.87. The summed E-state index contributed by atoms with van der Waals surface area (Å²) in [5.74, 6) is -0.153. The Hall–Kier alpha value is -1.64. The van der Waals surface area contributed by atoms with E-state index >= 15 is 0 Å². The largest absolute Gasteiger partial charge is 0.271 e. The number of nitrogens with zero attached hydrogens (tertiary/aromatic N) is 1. The molecule has 1 aromatic rings. The third kappa shape index (κ3) is 6.56. The molecule has 0 heterocycles. The molecule has 0 unspecified atom stereocenters. The fourth-order valence-corrected chi connectivity index (χ4v) is 2.02. The number of hydrogen-bond donors (Lipinski definition) is 1. The molecule has 1 amide bonds. The first-order valence-electron chi connectivity index (χ1n) is 7.87. The second-order valence-electron chi connectivity index (χ2n) is 6.43. The van der Waals surface area contributed by atoms with Crippen LogP contribution in [0.3, 0.4) is 0 Å². The summed E-state index contributed by atoms with van der Waals surface area (Å²) in [6.07, 6.45) is 7.57. The zero-order valence-electron chi connectivity index (χ0n) is 13.8. The molecule has 1 N–H and O–H groups in total. The predicted octanol–water partition coefficient (Wildman–Crippen LogP) is 4.67. The number of rotatable bonds is 7. The van der Waals surface area contributed by atoms with Crippen LogP contribution in [0.25, 0.3) is 0 Å². The van der Waals surface area contributed by atoms with Gasteiger partial charge in [0.05, 0.1) is 0 Å². The predicted molar refractivity (Wildman–Crippen MR) is 89.9 cm³/mol. The van der Waals surface area contributed by atoms with Crippen molar-refractivity contribution in [1.82, 2.24) is 5.43 Å². The highest BCUT2D eigenvalue weighted by Gasteiger charge is 2.13. The molecule has 3 heteroatoms. The normalized spacial score (nSPS) is 11.8. The second-order valence-corrected chi connectivity index (χ2v) is 6.43. The molecule has 0 atom stereocenters. The number of hydrazone groups is 1. The number of nitrogens with one attached hydrogen (secondary N) is 1. The standard InChI is InChI=1S/C18H28N2O/c1-5-6-7-8-9-14-19-20-17(21)15-10-12-16(13-11-15)18(2,3)4/h10-14H,5-9H2,1-4H3,(H,20,21). The van der Waals surface area contributed by atoms with E-state index in [1.54, 1.807) is 6.21 Å². The lowest BCUT2D eigenvalue weighted by Gasteiger charge is -2.18. The van der Waals surface area contributed by atoms with E-state index in [1.807, 2.05) is 24.3 Å². The lowest BCUT2D eigenvalue weighted by molar-refractivity contribution is 0.0955. The summed E-state index contributed by atoms with van der Waals surface area (Å²) in [5, 5.41) is 3.99. The highest BCUT2D eigenvalue weighted by atomic mass is 16.2. The highest BCUT2D eigenvalue weighted by molar-refractivity contribution is 5.94. The van der Waals surface area contributed by atoms with Crippen LogP contribution >= 0.6 is 0 Å². The number of hydrogen-bond acceptors (Lipinski definition) is 2. The van der Waals surface area contributed by atoms with Crippen LogP contribution in [0.2, 0.25) is 0 Å². The zero-order chi connectivity index (χ0) is 15.7. The van der Waals surface area contributed by atoms with E-state index < -0.39 is 0 Å². The zero-order valence-corrected chi connectivity index (χ0v) is 13.8. The number of benzene rings is 1. The topological polar surface area (TPSA) is 41.5 Å². The molecule has 0 aromatic heterocycles. The van der Waals surface area contributed by atoms with Gasteiger partial charge >= 0.3 is 0 Å². The van der Waals surface area contributed by atoms with Crippen molar-refractivity contribution in [2.45, 2.75) is 65.2 Å². The average Bonchev–Trinajstić information content (AvgIpc) is 2.45. The van der Waals surface area contributed by atoms with Crippen molar-refractivity contribution in [3.05, 3.63) is 35.4 Å². The minimum Gasteiger partial charge on any atom is -0.267 e. The van der Waals surface area contributed by atoms with Gasteiger partial charge in [0, 0.05) is 11.8 Å². The molecule has 0 aliphatic rings. The first-order chi connectivity index (χ1) is 9.95. The smallest absolute Gasteiger partial charge is 0.267 e. The molecule has 116 valence electrons. The molecule has 3 nitrogen and oxygen atoms in total. The van der Waals surface area contributed by atoms with Crippen LogP contribution in [-0.2, 0) is 5.41 Å². The number of carbonyl (C=O) groups is 1. The fourth-order valence-electron chi connectivity index (χ4n) is 2.02. The Morgan fingerprint density at radius 3 is 2.38 bits per heavy atom. The van der Waals surface area contributed by atoms with Crippen molar-refractivity contribution in [2.24, 2.45) is 5.10 Å². The molecule has 0 spiro atoms. The van der Waals surface area contributed by atoms with Crippen molar-refractivity contribution >= 4 is 12.1 Å². The molecule has 21 heavy (non-hydrogen) atoms. The average molecular weight is 288 g/mol. The number of carbonyl (C=O) groups excluding carboxylic acids is 1. The molecular weight excluding hydrogens is 260 g/mol. The van der Waals surface area contributed by atoms with E-state index in [4.69, 9.17) is 0 Å². The molecule has 0 fully saturated rings. The Balaban J connectivity index is 2.40.